The Morgan fingerprint density at radius 2 is 1.69 bits per heavy atom. The minimum atomic E-state index is -0.520. The average molecular weight is 511 g/mol. The fourth-order valence-electron chi connectivity index (χ4n) is 3.99. The summed E-state index contributed by atoms with van der Waals surface area (Å²) < 4.78 is 19.6. The molecule has 0 aliphatic carbocycles. The molecule has 1 aromatic heterocycles. The van der Waals surface area contributed by atoms with Gasteiger partial charge in [-0.2, -0.15) is 0 Å². The van der Waals surface area contributed by atoms with Crippen LogP contribution >= 0.6 is 11.3 Å². The van der Waals surface area contributed by atoms with Gasteiger partial charge in [-0.3, -0.25) is 9.69 Å². The number of hydrogen-bond acceptors (Lipinski definition) is 5. The molecule has 3 aromatic rings. The molecule has 9 heteroatoms. The Kier molecular flexibility index (Phi) is 9.43. The Hall–Kier alpha value is -3.27. The number of benzene rings is 2. The lowest BCUT2D eigenvalue weighted by molar-refractivity contribution is -0.133. The van der Waals surface area contributed by atoms with Crippen LogP contribution in [0.25, 0.3) is 0 Å². The molecule has 1 fully saturated rings. The van der Waals surface area contributed by atoms with Gasteiger partial charge in [0.1, 0.15) is 12.4 Å². The van der Waals surface area contributed by atoms with Crippen LogP contribution in [0.2, 0.25) is 0 Å². The molecule has 2 aromatic carbocycles. The number of nitrogens with one attached hydrogen (secondary N) is 1. The van der Waals surface area contributed by atoms with Crippen LogP contribution in [-0.2, 0) is 22.6 Å². The molecule has 0 saturated carbocycles. The van der Waals surface area contributed by atoms with Crippen molar-refractivity contribution < 1.29 is 18.7 Å². The number of para-hydroxylation sites is 1. The summed E-state index contributed by atoms with van der Waals surface area (Å²) in [4.78, 5) is 33.3. The van der Waals surface area contributed by atoms with Crippen molar-refractivity contribution in [3.05, 3.63) is 88.4 Å². The van der Waals surface area contributed by atoms with E-state index in [4.69, 9.17) is 4.74 Å². The van der Waals surface area contributed by atoms with Crippen LogP contribution in [0.3, 0.4) is 0 Å². The van der Waals surface area contributed by atoms with Gasteiger partial charge in [0.15, 0.2) is 0 Å². The van der Waals surface area contributed by atoms with Gasteiger partial charge in [0.2, 0.25) is 5.91 Å². The molecule has 0 bridgehead atoms. The quantitative estimate of drug-likeness (QED) is 0.442. The first kappa shape index (κ1) is 25.8. The van der Waals surface area contributed by atoms with E-state index in [1.54, 1.807) is 28.4 Å². The van der Waals surface area contributed by atoms with Crippen LogP contribution in [-0.4, -0.2) is 72.6 Å². The third-order valence-corrected chi connectivity index (χ3v) is 6.88. The standard InChI is InChI=1S/C27H31FN4O3S/c28-24-10-4-5-11-25(24)29-27(34)31(13-12-30-14-16-35-17-15-30)21-26(33)32(20-23-9-6-18-36-23)19-22-7-2-1-3-8-22/h1-11,18H,12-17,19-21H2,(H,29,34). The number of hydrogen-bond donors (Lipinski definition) is 1. The van der Waals surface area contributed by atoms with Gasteiger partial charge in [0.25, 0.3) is 0 Å². The lowest BCUT2D eigenvalue weighted by Crippen LogP contribution is -2.48. The van der Waals surface area contributed by atoms with E-state index in [-0.39, 0.29) is 18.1 Å². The number of nitrogens with zero attached hydrogens (tertiary/aromatic N) is 3. The second-order valence-corrected chi connectivity index (χ2v) is 9.63. The second kappa shape index (κ2) is 13.2. The fraction of sp³-hybridized carbons (Fsp3) is 0.333. The normalized spacial score (nSPS) is 13.8. The summed E-state index contributed by atoms with van der Waals surface area (Å²) in [5.74, 6) is -0.688. The first-order chi connectivity index (χ1) is 17.6. The van der Waals surface area contributed by atoms with Crippen molar-refractivity contribution in [3.63, 3.8) is 0 Å². The van der Waals surface area contributed by atoms with E-state index in [1.807, 2.05) is 47.8 Å². The predicted molar refractivity (Wildman–Crippen MR) is 139 cm³/mol. The van der Waals surface area contributed by atoms with Crippen LogP contribution in [0.15, 0.2) is 72.1 Å². The zero-order chi connectivity index (χ0) is 25.2. The molecule has 36 heavy (non-hydrogen) atoms. The van der Waals surface area contributed by atoms with Crippen molar-refractivity contribution in [2.24, 2.45) is 0 Å². The molecule has 1 aliphatic rings. The Balaban J connectivity index is 1.49. The highest BCUT2D eigenvalue weighted by atomic mass is 32.1. The zero-order valence-electron chi connectivity index (χ0n) is 20.1. The van der Waals surface area contributed by atoms with Crippen molar-refractivity contribution in [2.75, 3.05) is 51.3 Å². The van der Waals surface area contributed by atoms with Gasteiger partial charge in [0.05, 0.1) is 25.4 Å². The van der Waals surface area contributed by atoms with Crippen molar-refractivity contribution in [1.29, 1.82) is 0 Å². The first-order valence-corrected chi connectivity index (χ1v) is 12.9. The Labute approximate surface area is 215 Å². The van der Waals surface area contributed by atoms with E-state index < -0.39 is 11.8 Å². The van der Waals surface area contributed by atoms with Crippen LogP contribution in [0.4, 0.5) is 14.9 Å². The highest BCUT2D eigenvalue weighted by Gasteiger charge is 2.24. The summed E-state index contributed by atoms with van der Waals surface area (Å²) in [6, 6.07) is 19.3. The number of ether oxygens (including phenoxy) is 1. The van der Waals surface area contributed by atoms with Gasteiger partial charge in [-0.05, 0) is 29.1 Å². The predicted octanol–water partition coefficient (Wildman–Crippen LogP) is 4.28. The summed E-state index contributed by atoms with van der Waals surface area (Å²) >= 11 is 1.59. The Bertz CT molecular complexity index is 1110. The second-order valence-electron chi connectivity index (χ2n) is 8.60. The van der Waals surface area contributed by atoms with Gasteiger partial charge in [-0.25, -0.2) is 9.18 Å². The lowest BCUT2D eigenvalue weighted by atomic mass is 10.2. The first-order valence-electron chi connectivity index (χ1n) is 12.0. The molecule has 0 atom stereocenters. The summed E-state index contributed by atoms with van der Waals surface area (Å²) in [5.41, 5.74) is 1.10. The maximum absolute atomic E-state index is 14.2. The minimum Gasteiger partial charge on any atom is -0.379 e. The fourth-order valence-corrected chi connectivity index (χ4v) is 4.71. The molecule has 0 radical (unpaired) electrons. The van der Waals surface area contributed by atoms with Gasteiger partial charge in [-0.15, -0.1) is 11.3 Å². The van der Waals surface area contributed by atoms with Gasteiger partial charge >= 0.3 is 6.03 Å². The topological polar surface area (TPSA) is 65.1 Å². The van der Waals surface area contributed by atoms with Crippen LogP contribution in [0.1, 0.15) is 10.4 Å². The summed E-state index contributed by atoms with van der Waals surface area (Å²) in [6.45, 7) is 4.56. The Morgan fingerprint density at radius 3 is 2.42 bits per heavy atom. The van der Waals surface area contributed by atoms with E-state index in [9.17, 15) is 14.0 Å². The summed E-state index contributed by atoms with van der Waals surface area (Å²) in [7, 11) is 0. The Morgan fingerprint density at radius 1 is 0.944 bits per heavy atom. The van der Waals surface area contributed by atoms with E-state index in [2.05, 4.69) is 10.2 Å². The third-order valence-electron chi connectivity index (χ3n) is 6.01. The number of anilines is 1. The average Bonchev–Trinajstić information content (AvgIpc) is 3.42. The van der Waals surface area contributed by atoms with Crippen LogP contribution in [0.5, 0.6) is 0 Å². The molecule has 2 heterocycles. The molecule has 4 rings (SSSR count). The number of halogens is 1. The number of carbonyl (C=O) groups excluding carboxylic acids is 2. The van der Waals surface area contributed by atoms with Crippen molar-refractivity contribution in [1.82, 2.24) is 14.7 Å². The number of thiophene rings is 1. The van der Waals surface area contributed by atoms with Gasteiger partial charge in [0, 0.05) is 37.6 Å². The van der Waals surface area contributed by atoms with Crippen LogP contribution < -0.4 is 5.32 Å². The summed E-state index contributed by atoms with van der Waals surface area (Å²) in [6.07, 6.45) is 0. The highest BCUT2D eigenvalue weighted by molar-refractivity contribution is 7.09. The number of urea groups is 1. The SMILES string of the molecule is O=C(CN(CCN1CCOCC1)C(=O)Nc1ccccc1F)N(Cc1ccccc1)Cc1cccs1. The number of morpholine rings is 1. The molecule has 1 saturated heterocycles. The largest absolute Gasteiger partial charge is 0.379 e. The van der Waals surface area contributed by atoms with Gasteiger partial charge in [-0.1, -0.05) is 48.5 Å². The maximum atomic E-state index is 14.2. The lowest BCUT2D eigenvalue weighted by Gasteiger charge is -2.31. The summed E-state index contributed by atoms with van der Waals surface area (Å²) in [5, 5.41) is 4.62. The van der Waals surface area contributed by atoms with Crippen LogP contribution in [0, 0.1) is 5.82 Å². The van der Waals surface area contributed by atoms with E-state index in [1.165, 1.54) is 17.0 Å². The van der Waals surface area contributed by atoms with E-state index >= 15 is 0 Å². The van der Waals surface area contributed by atoms with Crippen molar-refractivity contribution in [2.45, 2.75) is 13.1 Å². The molecule has 190 valence electrons. The minimum absolute atomic E-state index is 0.0889. The molecule has 1 N–H and O–H groups in total. The van der Waals surface area contributed by atoms with E-state index in [0.717, 1.165) is 23.5 Å². The molecular weight excluding hydrogens is 479 g/mol. The molecule has 0 unspecified atom stereocenters. The van der Waals surface area contributed by atoms with Crippen molar-refractivity contribution in [3.8, 4) is 0 Å². The third kappa shape index (κ3) is 7.61. The monoisotopic (exact) mass is 510 g/mol. The number of rotatable bonds is 10. The number of carbonyl (C=O) groups is 2. The molecule has 0 spiro atoms. The van der Waals surface area contributed by atoms with Gasteiger partial charge < -0.3 is 19.9 Å². The molecule has 1 aliphatic heterocycles. The highest BCUT2D eigenvalue weighted by Crippen LogP contribution is 2.17. The van der Waals surface area contributed by atoms with E-state index in [0.29, 0.717) is 39.4 Å². The van der Waals surface area contributed by atoms with Crippen molar-refractivity contribution >= 4 is 29.0 Å². The smallest absolute Gasteiger partial charge is 0.322 e. The zero-order valence-corrected chi connectivity index (χ0v) is 21.0. The number of amides is 3. The molecule has 7 nitrogen and oxygen atoms in total. The maximum Gasteiger partial charge on any atom is 0.322 e. The molecular formula is C27H31FN4O3S. The molecule has 3 amide bonds.